The van der Waals surface area contributed by atoms with Crippen LogP contribution in [0.1, 0.15) is 16.8 Å². The number of nitrogens with one attached hydrogen (secondary N) is 1. The third-order valence-corrected chi connectivity index (χ3v) is 3.07. The summed E-state index contributed by atoms with van der Waals surface area (Å²) in [6, 6.07) is 11.3. The van der Waals surface area contributed by atoms with E-state index in [0.29, 0.717) is 5.82 Å². The van der Waals surface area contributed by atoms with Crippen molar-refractivity contribution >= 4 is 11.7 Å². The first-order valence-corrected chi connectivity index (χ1v) is 6.49. The Bertz CT molecular complexity index is 624. The summed E-state index contributed by atoms with van der Waals surface area (Å²) in [5.41, 5.74) is 3.05. The van der Waals surface area contributed by atoms with Crippen LogP contribution in [0.4, 0.5) is 5.82 Å². The smallest absolute Gasteiger partial charge is 0.263 e. The number of aryl methyl sites for hydroxylation is 2. The van der Waals surface area contributed by atoms with Gasteiger partial charge in [-0.1, -0.05) is 18.2 Å². The van der Waals surface area contributed by atoms with Crippen LogP contribution < -0.4 is 10.1 Å². The number of ether oxygens (including phenoxy) is 1. The van der Waals surface area contributed by atoms with Gasteiger partial charge in [-0.25, -0.2) is 4.98 Å². The minimum absolute atomic E-state index is 0.0279. The van der Waals surface area contributed by atoms with Gasteiger partial charge in [0.1, 0.15) is 11.6 Å². The Balaban J connectivity index is 1.94. The molecule has 0 saturated carbocycles. The molecule has 4 nitrogen and oxygen atoms in total. The van der Waals surface area contributed by atoms with Crippen LogP contribution in [-0.4, -0.2) is 17.5 Å². The van der Waals surface area contributed by atoms with Crippen molar-refractivity contribution in [2.75, 3.05) is 11.9 Å². The van der Waals surface area contributed by atoms with Crippen molar-refractivity contribution in [3.05, 3.63) is 53.2 Å². The molecule has 104 valence electrons. The van der Waals surface area contributed by atoms with Crippen molar-refractivity contribution in [3.8, 4) is 5.75 Å². The van der Waals surface area contributed by atoms with E-state index in [1.807, 2.05) is 51.1 Å². The predicted molar refractivity (Wildman–Crippen MR) is 79.0 cm³/mol. The lowest BCUT2D eigenvalue weighted by molar-refractivity contribution is -0.118. The highest BCUT2D eigenvalue weighted by molar-refractivity contribution is 5.90. The van der Waals surface area contributed by atoms with Gasteiger partial charge in [0, 0.05) is 5.69 Å². The van der Waals surface area contributed by atoms with E-state index >= 15 is 0 Å². The van der Waals surface area contributed by atoms with Crippen LogP contribution in [0.25, 0.3) is 0 Å². The van der Waals surface area contributed by atoms with Gasteiger partial charge in [0.25, 0.3) is 5.91 Å². The molecule has 1 aromatic heterocycles. The summed E-state index contributed by atoms with van der Waals surface area (Å²) >= 11 is 0. The fourth-order valence-corrected chi connectivity index (χ4v) is 1.82. The minimum atomic E-state index is -0.219. The number of carbonyl (C=O) groups is 1. The summed E-state index contributed by atoms with van der Waals surface area (Å²) in [5.74, 6) is 1.06. The zero-order valence-electron chi connectivity index (χ0n) is 11.9. The van der Waals surface area contributed by atoms with Gasteiger partial charge >= 0.3 is 0 Å². The van der Waals surface area contributed by atoms with E-state index in [2.05, 4.69) is 10.3 Å². The van der Waals surface area contributed by atoms with Crippen LogP contribution in [0.5, 0.6) is 5.75 Å². The lowest BCUT2D eigenvalue weighted by atomic mass is 10.1. The molecule has 4 heteroatoms. The second-order valence-corrected chi connectivity index (χ2v) is 4.70. The van der Waals surface area contributed by atoms with Crippen LogP contribution in [-0.2, 0) is 4.79 Å². The predicted octanol–water partition coefficient (Wildman–Crippen LogP) is 3.02. The molecule has 0 bridgehead atoms. The Hall–Kier alpha value is -2.36. The maximum atomic E-state index is 11.8. The molecule has 0 aliphatic carbocycles. The van der Waals surface area contributed by atoms with Gasteiger partial charge < -0.3 is 10.1 Å². The quantitative estimate of drug-likeness (QED) is 0.929. The van der Waals surface area contributed by atoms with E-state index in [0.717, 1.165) is 22.6 Å². The number of aromatic nitrogens is 1. The SMILES string of the molecule is Cc1cccc(NC(=O)COc2cccc(C)c2C)n1. The lowest BCUT2D eigenvalue weighted by Crippen LogP contribution is -2.21. The summed E-state index contributed by atoms with van der Waals surface area (Å²) in [6.07, 6.45) is 0. The van der Waals surface area contributed by atoms with Gasteiger partial charge in [-0.3, -0.25) is 4.79 Å². The highest BCUT2D eigenvalue weighted by Gasteiger charge is 2.07. The average molecular weight is 270 g/mol. The van der Waals surface area contributed by atoms with Gasteiger partial charge in [-0.15, -0.1) is 0 Å². The first kappa shape index (κ1) is 14.1. The minimum Gasteiger partial charge on any atom is -0.483 e. The van der Waals surface area contributed by atoms with Crippen molar-refractivity contribution in [3.63, 3.8) is 0 Å². The van der Waals surface area contributed by atoms with Crippen LogP contribution in [0.15, 0.2) is 36.4 Å². The van der Waals surface area contributed by atoms with E-state index in [1.54, 1.807) is 6.07 Å². The fourth-order valence-electron chi connectivity index (χ4n) is 1.82. The van der Waals surface area contributed by atoms with Crippen LogP contribution in [0, 0.1) is 20.8 Å². The molecule has 0 unspecified atom stereocenters. The third-order valence-electron chi connectivity index (χ3n) is 3.07. The number of hydrogen-bond acceptors (Lipinski definition) is 3. The zero-order valence-corrected chi connectivity index (χ0v) is 11.9. The molecule has 1 heterocycles. The second kappa shape index (κ2) is 6.19. The first-order chi connectivity index (χ1) is 9.56. The van der Waals surface area contributed by atoms with Gasteiger partial charge in [0.05, 0.1) is 0 Å². The van der Waals surface area contributed by atoms with E-state index in [-0.39, 0.29) is 12.5 Å². The second-order valence-electron chi connectivity index (χ2n) is 4.70. The normalized spacial score (nSPS) is 10.2. The summed E-state index contributed by atoms with van der Waals surface area (Å²) < 4.78 is 5.54. The Morgan fingerprint density at radius 1 is 1.15 bits per heavy atom. The highest BCUT2D eigenvalue weighted by atomic mass is 16.5. The number of rotatable bonds is 4. The topological polar surface area (TPSA) is 51.2 Å². The number of nitrogens with zero attached hydrogens (tertiary/aromatic N) is 1. The largest absolute Gasteiger partial charge is 0.483 e. The Morgan fingerprint density at radius 3 is 2.65 bits per heavy atom. The number of anilines is 1. The molecule has 1 amide bonds. The van der Waals surface area contributed by atoms with Crippen LogP contribution in [0.3, 0.4) is 0 Å². The van der Waals surface area contributed by atoms with Gasteiger partial charge in [0.15, 0.2) is 6.61 Å². The summed E-state index contributed by atoms with van der Waals surface area (Å²) in [5, 5.41) is 2.71. The molecule has 0 aliphatic rings. The molecule has 0 spiro atoms. The fraction of sp³-hybridized carbons (Fsp3) is 0.250. The Labute approximate surface area is 118 Å². The molecule has 1 aromatic carbocycles. The van der Waals surface area contributed by atoms with Crippen molar-refractivity contribution in [1.29, 1.82) is 0 Å². The van der Waals surface area contributed by atoms with Crippen molar-refractivity contribution in [1.82, 2.24) is 4.98 Å². The van der Waals surface area contributed by atoms with E-state index in [1.165, 1.54) is 0 Å². The summed E-state index contributed by atoms with van der Waals surface area (Å²) in [4.78, 5) is 16.0. The number of amides is 1. The first-order valence-electron chi connectivity index (χ1n) is 6.49. The third kappa shape index (κ3) is 3.57. The summed E-state index contributed by atoms with van der Waals surface area (Å²) in [7, 11) is 0. The van der Waals surface area contributed by atoms with Crippen molar-refractivity contribution in [2.24, 2.45) is 0 Å². The average Bonchev–Trinajstić information content (AvgIpc) is 2.40. The number of pyridine rings is 1. The molecule has 0 radical (unpaired) electrons. The number of benzene rings is 1. The molecule has 20 heavy (non-hydrogen) atoms. The number of carbonyl (C=O) groups excluding carboxylic acids is 1. The van der Waals surface area contributed by atoms with Gasteiger partial charge in [-0.05, 0) is 50.1 Å². The van der Waals surface area contributed by atoms with Crippen LogP contribution in [0.2, 0.25) is 0 Å². The Morgan fingerprint density at radius 2 is 1.90 bits per heavy atom. The molecular weight excluding hydrogens is 252 g/mol. The summed E-state index contributed by atoms with van der Waals surface area (Å²) in [6.45, 7) is 5.84. The molecule has 2 aromatic rings. The van der Waals surface area contributed by atoms with Crippen molar-refractivity contribution in [2.45, 2.75) is 20.8 Å². The standard InChI is InChI=1S/C16H18N2O2/c1-11-6-4-8-14(13(11)3)20-10-16(19)18-15-9-5-7-12(2)17-15/h4-9H,10H2,1-3H3,(H,17,18,19). The molecule has 0 fully saturated rings. The van der Waals surface area contributed by atoms with Crippen LogP contribution >= 0.6 is 0 Å². The van der Waals surface area contributed by atoms with Gasteiger partial charge in [-0.2, -0.15) is 0 Å². The molecule has 0 aliphatic heterocycles. The molecule has 0 saturated heterocycles. The molecule has 0 atom stereocenters. The van der Waals surface area contributed by atoms with E-state index in [9.17, 15) is 4.79 Å². The monoisotopic (exact) mass is 270 g/mol. The lowest BCUT2D eigenvalue weighted by Gasteiger charge is -2.10. The maximum Gasteiger partial charge on any atom is 0.263 e. The maximum absolute atomic E-state index is 11.8. The van der Waals surface area contributed by atoms with E-state index in [4.69, 9.17) is 4.74 Å². The van der Waals surface area contributed by atoms with E-state index < -0.39 is 0 Å². The number of hydrogen-bond donors (Lipinski definition) is 1. The Kier molecular flexibility index (Phi) is 4.35. The van der Waals surface area contributed by atoms with Crippen molar-refractivity contribution < 1.29 is 9.53 Å². The van der Waals surface area contributed by atoms with Gasteiger partial charge in [0.2, 0.25) is 0 Å². The molecular formula is C16H18N2O2. The molecule has 1 N–H and O–H groups in total. The highest BCUT2D eigenvalue weighted by Crippen LogP contribution is 2.20. The molecule has 2 rings (SSSR count). The zero-order chi connectivity index (χ0) is 14.5.